The van der Waals surface area contributed by atoms with Crippen LogP contribution >= 0.6 is 0 Å². The number of aliphatic carboxylic acids is 1. The lowest BCUT2D eigenvalue weighted by molar-refractivity contribution is -0.384. The van der Waals surface area contributed by atoms with Gasteiger partial charge in [0.2, 0.25) is 0 Å². The summed E-state index contributed by atoms with van der Waals surface area (Å²) in [6.07, 6.45) is 3.76. The number of likely N-dealkylation sites (tertiary alicyclic amines) is 1. The number of carboxylic acids is 1. The minimum Gasteiger partial charge on any atom is -0.478 e. The number of allylic oxidation sites excluding steroid dienone is 2. The molecule has 4 rings (SSSR count). The minimum atomic E-state index is -1.14. The van der Waals surface area contributed by atoms with Crippen molar-refractivity contribution in [3.05, 3.63) is 98.9 Å². The number of esters is 1. The first-order valence-electron chi connectivity index (χ1n) is 16.4. The van der Waals surface area contributed by atoms with Gasteiger partial charge in [0.25, 0.3) is 11.6 Å². The third-order valence-electron chi connectivity index (χ3n) is 8.93. The zero-order valence-corrected chi connectivity index (χ0v) is 27.6. The van der Waals surface area contributed by atoms with Crippen molar-refractivity contribution in [3.8, 4) is 0 Å². The number of nitrogens with one attached hydrogen (secondary N) is 1. The lowest BCUT2D eigenvalue weighted by atomic mass is 9.72. The van der Waals surface area contributed by atoms with Gasteiger partial charge in [0.05, 0.1) is 29.1 Å². The number of amides is 1. The Morgan fingerprint density at radius 2 is 1.79 bits per heavy atom. The molecule has 0 spiro atoms. The number of non-ortho nitro benzene ring substituents is 1. The van der Waals surface area contributed by atoms with Crippen LogP contribution in [0.15, 0.2) is 77.6 Å². The van der Waals surface area contributed by atoms with Crippen LogP contribution in [0.3, 0.4) is 0 Å². The summed E-state index contributed by atoms with van der Waals surface area (Å²) in [5.74, 6) is -2.51. The summed E-state index contributed by atoms with van der Waals surface area (Å²) in [5.41, 5.74) is 6.97. The molecule has 1 fully saturated rings. The number of carbonyl (C=O) groups excluding carboxylic acids is 2. The Kier molecular flexibility index (Phi) is 12.8. The fraction of sp³-hybridized carbons (Fsp3) is 0.457. The maximum absolute atomic E-state index is 14.0. The Balaban J connectivity index is 1.48. The highest BCUT2D eigenvalue weighted by Gasteiger charge is 2.44. The number of hydrogen-bond acceptors (Lipinski definition) is 10. The Morgan fingerprint density at radius 1 is 1.10 bits per heavy atom. The van der Waals surface area contributed by atoms with E-state index in [1.807, 2.05) is 37.3 Å². The van der Waals surface area contributed by atoms with E-state index in [2.05, 4.69) is 10.2 Å². The van der Waals surface area contributed by atoms with Crippen LogP contribution in [0.4, 0.5) is 5.69 Å². The van der Waals surface area contributed by atoms with Gasteiger partial charge in [-0.15, -0.1) is 0 Å². The van der Waals surface area contributed by atoms with Crippen molar-refractivity contribution in [2.24, 2.45) is 5.73 Å². The zero-order valence-electron chi connectivity index (χ0n) is 27.6. The molecule has 1 saturated heterocycles. The van der Waals surface area contributed by atoms with Crippen LogP contribution in [-0.4, -0.2) is 90.3 Å². The SMILES string of the molecule is CCOC(=O)C1(c2ccccc2)CCN(CCCN(COCCN)C(=O)C2=CC(c3ccc([N+](=O)[O-])cc3)C(C(=O)O)=C(CC)N2)CC1. The molecular formula is C35H45N5O8. The van der Waals surface area contributed by atoms with Gasteiger partial charge in [-0.25, -0.2) is 4.79 Å². The van der Waals surface area contributed by atoms with E-state index in [9.17, 15) is 29.6 Å². The maximum atomic E-state index is 14.0. The standard InChI is InChI=1S/C35H45N5O8/c1-3-29-31(33(42)43)28(25-11-13-27(14-12-25)40(45)46)23-30(37-29)32(41)39(24-47-22-17-36)19-8-18-38-20-15-35(16-21-38,34(44)48-4-2)26-9-6-5-7-10-26/h5-7,9-14,23,28,37H,3-4,8,15-22,24,36H2,1-2H3,(H,42,43). The third kappa shape index (κ3) is 8.46. The average Bonchev–Trinajstić information content (AvgIpc) is 3.10. The van der Waals surface area contributed by atoms with Gasteiger partial charge in [0.1, 0.15) is 12.4 Å². The molecule has 2 aliphatic rings. The lowest BCUT2D eigenvalue weighted by Gasteiger charge is -2.40. The maximum Gasteiger partial charge on any atom is 0.334 e. The van der Waals surface area contributed by atoms with Gasteiger partial charge in [0, 0.05) is 36.8 Å². The summed E-state index contributed by atoms with van der Waals surface area (Å²) in [7, 11) is 0. The number of hydrogen-bond donors (Lipinski definition) is 3. The quantitative estimate of drug-likeness (QED) is 0.0785. The molecule has 4 N–H and O–H groups in total. The summed E-state index contributed by atoms with van der Waals surface area (Å²) < 4.78 is 11.2. The van der Waals surface area contributed by atoms with E-state index >= 15 is 0 Å². The number of carbonyl (C=O) groups is 3. The summed E-state index contributed by atoms with van der Waals surface area (Å²) in [6, 6.07) is 15.4. The summed E-state index contributed by atoms with van der Waals surface area (Å²) in [4.78, 5) is 54.0. The molecule has 0 aliphatic carbocycles. The van der Waals surface area contributed by atoms with Gasteiger partial charge in [0.15, 0.2) is 0 Å². The number of nitrogens with zero attached hydrogens (tertiary/aromatic N) is 3. The number of piperidine rings is 1. The van der Waals surface area contributed by atoms with E-state index in [1.54, 1.807) is 17.9 Å². The molecule has 13 nitrogen and oxygen atoms in total. The second-order valence-corrected chi connectivity index (χ2v) is 11.8. The highest BCUT2D eigenvalue weighted by Crippen LogP contribution is 2.37. The van der Waals surface area contributed by atoms with Crippen LogP contribution in [0.1, 0.15) is 56.6 Å². The largest absolute Gasteiger partial charge is 0.478 e. The molecule has 0 saturated carbocycles. The Labute approximate surface area is 280 Å². The molecule has 2 aliphatic heterocycles. The molecule has 1 amide bonds. The minimum absolute atomic E-state index is 0.00577. The number of nitrogens with two attached hydrogens (primary N) is 1. The predicted octanol–water partition coefficient (Wildman–Crippen LogP) is 3.66. The molecule has 0 aromatic heterocycles. The van der Waals surface area contributed by atoms with Crippen molar-refractivity contribution < 1.29 is 33.9 Å². The number of benzene rings is 2. The highest BCUT2D eigenvalue weighted by molar-refractivity contribution is 5.97. The first-order valence-corrected chi connectivity index (χ1v) is 16.4. The van der Waals surface area contributed by atoms with E-state index in [0.29, 0.717) is 69.7 Å². The van der Waals surface area contributed by atoms with Crippen LogP contribution in [0.25, 0.3) is 0 Å². The zero-order chi connectivity index (χ0) is 34.7. The van der Waals surface area contributed by atoms with Gasteiger partial charge in [-0.2, -0.15) is 0 Å². The van der Waals surface area contributed by atoms with E-state index in [-0.39, 0.29) is 48.7 Å². The van der Waals surface area contributed by atoms with Crippen molar-refractivity contribution in [1.82, 2.24) is 15.1 Å². The molecule has 13 heteroatoms. The molecule has 1 unspecified atom stereocenters. The van der Waals surface area contributed by atoms with E-state index in [1.165, 1.54) is 24.3 Å². The van der Waals surface area contributed by atoms with E-state index in [4.69, 9.17) is 15.2 Å². The van der Waals surface area contributed by atoms with Crippen LogP contribution in [0, 0.1) is 10.1 Å². The van der Waals surface area contributed by atoms with Gasteiger partial charge < -0.3 is 35.4 Å². The molecule has 2 aromatic carbocycles. The summed E-state index contributed by atoms with van der Waals surface area (Å²) >= 11 is 0. The average molecular weight is 664 g/mol. The first-order chi connectivity index (χ1) is 23.1. The first kappa shape index (κ1) is 36.2. The normalized spacial score (nSPS) is 17.6. The molecule has 2 aromatic rings. The van der Waals surface area contributed by atoms with Gasteiger partial charge in [-0.3, -0.25) is 19.7 Å². The summed E-state index contributed by atoms with van der Waals surface area (Å²) in [6.45, 7) is 6.90. The Bertz CT molecular complexity index is 1500. The third-order valence-corrected chi connectivity index (χ3v) is 8.93. The van der Waals surface area contributed by atoms with Crippen LogP contribution < -0.4 is 11.1 Å². The highest BCUT2D eigenvalue weighted by atomic mass is 16.6. The van der Waals surface area contributed by atoms with Crippen molar-refractivity contribution in [3.63, 3.8) is 0 Å². The van der Waals surface area contributed by atoms with Gasteiger partial charge in [-0.05, 0) is 69.4 Å². The Hall–Kier alpha value is -4.59. The van der Waals surface area contributed by atoms with E-state index in [0.717, 1.165) is 5.56 Å². The van der Waals surface area contributed by atoms with Crippen molar-refractivity contribution in [2.75, 3.05) is 52.7 Å². The fourth-order valence-electron chi connectivity index (χ4n) is 6.37. The monoisotopic (exact) mass is 663 g/mol. The van der Waals surface area contributed by atoms with Crippen molar-refractivity contribution in [1.29, 1.82) is 0 Å². The molecule has 48 heavy (non-hydrogen) atoms. The smallest absolute Gasteiger partial charge is 0.334 e. The van der Waals surface area contributed by atoms with Crippen LogP contribution in [-0.2, 0) is 29.3 Å². The number of carboxylic acid groups (broad SMARTS) is 1. The molecule has 2 heterocycles. The number of nitro benzene ring substituents is 1. The van der Waals surface area contributed by atoms with Gasteiger partial charge >= 0.3 is 11.9 Å². The number of ether oxygens (including phenoxy) is 2. The second kappa shape index (κ2) is 17.0. The van der Waals surface area contributed by atoms with Crippen molar-refractivity contribution >= 4 is 23.5 Å². The molecule has 258 valence electrons. The molecular weight excluding hydrogens is 618 g/mol. The van der Waals surface area contributed by atoms with Crippen LogP contribution in [0.2, 0.25) is 0 Å². The Morgan fingerprint density at radius 3 is 2.38 bits per heavy atom. The van der Waals surface area contributed by atoms with Gasteiger partial charge in [-0.1, -0.05) is 49.4 Å². The van der Waals surface area contributed by atoms with Crippen LogP contribution in [0.5, 0.6) is 0 Å². The molecule has 0 bridgehead atoms. The second-order valence-electron chi connectivity index (χ2n) is 11.8. The predicted molar refractivity (Wildman–Crippen MR) is 179 cm³/mol. The lowest BCUT2D eigenvalue weighted by Crippen LogP contribution is -2.48. The fourth-order valence-corrected chi connectivity index (χ4v) is 6.37. The molecule has 1 atom stereocenters. The van der Waals surface area contributed by atoms with E-state index < -0.39 is 22.2 Å². The van der Waals surface area contributed by atoms with Crippen molar-refractivity contribution in [2.45, 2.75) is 50.9 Å². The number of dihydropyridines is 1. The molecule has 0 radical (unpaired) electrons. The number of rotatable bonds is 16. The number of nitro groups is 1. The summed E-state index contributed by atoms with van der Waals surface area (Å²) in [5, 5.41) is 24.3. The topological polar surface area (TPSA) is 178 Å².